The van der Waals surface area contributed by atoms with Crippen LogP contribution in [0.15, 0.2) is 23.4 Å². The van der Waals surface area contributed by atoms with E-state index >= 15 is 0 Å². The van der Waals surface area contributed by atoms with Gasteiger partial charge in [0, 0.05) is 5.18 Å². The predicted octanol–water partition coefficient (Wildman–Crippen LogP) is 0.933. The van der Waals surface area contributed by atoms with Crippen molar-refractivity contribution in [2.45, 2.75) is 6.42 Å². The van der Waals surface area contributed by atoms with Crippen LogP contribution in [0, 0.1) is 4.91 Å². The Balaban J connectivity index is 2.85. The van der Waals surface area contributed by atoms with Crippen molar-refractivity contribution in [1.29, 1.82) is 0 Å². The van der Waals surface area contributed by atoms with Crippen LogP contribution in [-0.4, -0.2) is 16.1 Å². The van der Waals surface area contributed by atoms with E-state index in [2.05, 4.69) is 5.18 Å². The first kappa shape index (κ1) is 9.18. The molecule has 1 aromatic rings. The predicted molar refractivity (Wildman–Crippen MR) is 44.3 cm³/mol. The molecule has 0 fully saturated rings. The Labute approximate surface area is 73.6 Å². The molecule has 1 amide bonds. The minimum Gasteiger partial charge on any atom is -0.504 e. The molecule has 0 saturated carbocycles. The van der Waals surface area contributed by atoms with Gasteiger partial charge < -0.3 is 10.2 Å². The molecular formula is C8H7NO4. The summed E-state index contributed by atoms with van der Waals surface area (Å²) in [4.78, 5) is 20.3. The summed E-state index contributed by atoms with van der Waals surface area (Å²) in [6.45, 7) is 0. The number of nitroso groups, excluding NO2 is 1. The molecule has 0 aliphatic rings. The Hall–Kier alpha value is -1.91. The van der Waals surface area contributed by atoms with Gasteiger partial charge in [-0.05, 0) is 17.7 Å². The zero-order valence-corrected chi connectivity index (χ0v) is 6.60. The van der Waals surface area contributed by atoms with Crippen LogP contribution in [0.3, 0.4) is 0 Å². The van der Waals surface area contributed by atoms with Crippen LogP contribution >= 0.6 is 0 Å². The summed E-state index contributed by atoms with van der Waals surface area (Å²) in [6.07, 6.45) is -0.169. The van der Waals surface area contributed by atoms with Gasteiger partial charge in [0.25, 0.3) is 5.91 Å². The molecule has 0 aliphatic heterocycles. The number of amides is 1. The smallest absolute Gasteiger partial charge is 0.290 e. The van der Waals surface area contributed by atoms with E-state index in [1.807, 2.05) is 0 Å². The molecule has 1 rings (SSSR count). The van der Waals surface area contributed by atoms with E-state index in [1.165, 1.54) is 18.2 Å². The lowest BCUT2D eigenvalue weighted by Crippen LogP contribution is -1.96. The van der Waals surface area contributed by atoms with Crippen LogP contribution in [-0.2, 0) is 11.2 Å². The van der Waals surface area contributed by atoms with Crippen LogP contribution in [0.4, 0.5) is 0 Å². The number of phenolic OH excluding ortho intramolecular Hbond substituents is 2. The van der Waals surface area contributed by atoms with Crippen molar-refractivity contribution in [3.05, 3.63) is 28.7 Å². The molecule has 0 atom stereocenters. The number of carbonyl (C=O) groups is 1. The number of benzene rings is 1. The summed E-state index contributed by atoms with van der Waals surface area (Å²) in [6, 6.07) is 3.87. The number of carbonyl (C=O) groups excluding carboxylic acids is 1. The lowest BCUT2D eigenvalue weighted by molar-refractivity contribution is -0.117. The Morgan fingerprint density at radius 2 is 2.00 bits per heavy atom. The van der Waals surface area contributed by atoms with Gasteiger partial charge in [-0.2, -0.15) is 0 Å². The minimum atomic E-state index is -0.815. The van der Waals surface area contributed by atoms with Gasteiger partial charge in [0.15, 0.2) is 11.5 Å². The van der Waals surface area contributed by atoms with E-state index in [0.717, 1.165) is 0 Å². The highest BCUT2D eigenvalue weighted by molar-refractivity contribution is 5.79. The molecule has 13 heavy (non-hydrogen) atoms. The number of nitrogens with zero attached hydrogens (tertiary/aromatic N) is 1. The maximum atomic E-state index is 10.6. The number of hydrogen-bond acceptors (Lipinski definition) is 4. The molecule has 0 spiro atoms. The first-order valence-electron chi connectivity index (χ1n) is 3.50. The second-order valence-electron chi connectivity index (χ2n) is 2.48. The number of aromatic hydroxyl groups is 2. The highest BCUT2D eigenvalue weighted by atomic mass is 16.3. The third-order valence-electron chi connectivity index (χ3n) is 1.50. The van der Waals surface area contributed by atoms with Gasteiger partial charge in [-0.3, -0.25) is 4.79 Å². The van der Waals surface area contributed by atoms with Gasteiger partial charge >= 0.3 is 0 Å². The molecular weight excluding hydrogens is 174 g/mol. The first-order chi connectivity index (χ1) is 6.13. The fraction of sp³-hybridized carbons (Fsp3) is 0.125. The average Bonchev–Trinajstić information content (AvgIpc) is 2.11. The molecule has 0 aromatic heterocycles. The highest BCUT2D eigenvalue weighted by Crippen LogP contribution is 2.24. The fourth-order valence-electron chi connectivity index (χ4n) is 0.886. The zero-order valence-electron chi connectivity index (χ0n) is 6.60. The second kappa shape index (κ2) is 3.66. The zero-order chi connectivity index (χ0) is 9.84. The summed E-state index contributed by atoms with van der Waals surface area (Å²) in [5.41, 5.74) is 0.430. The Morgan fingerprint density at radius 3 is 2.54 bits per heavy atom. The van der Waals surface area contributed by atoms with Crippen LogP contribution < -0.4 is 0 Å². The van der Waals surface area contributed by atoms with Crippen molar-refractivity contribution in [2.75, 3.05) is 0 Å². The summed E-state index contributed by atoms with van der Waals surface area (Å²) in [5.74, 6) is -1.41. The maximum Gasteiger partial charge on any atom is 0.290 e. The van der Waals surface area contributed by atoms with E-state index in [1.54, 1.807) is 0 Å². The van der Waals surface area contributed by atoms with Crippen molar-refractivity contribution in [1.82, 2.24) is 0 Å². The second-order valence-corrected chi connectivity index (χ2v) is 2.48. The highest BCUT2D eigenvalue weighted by Gasteiger charge is 2.05. The van der Waals surface area contributed by atoms with E-state index in [-0.39, 0.29) is 17.9 Å². The summed E-state index contributed by atoms with van der Waals surface area (Å²) < 4.78 is 0. The van der Waals surface area contributed by atoms with Gasteiger partial charge in [-0.25, -0.2) is 0 Å². The topological polar surface area (TPSA) is 87.0 Å². The third-order valence-corrected chi connectivity index (χ3v) is 1.50. The van der Waals surface area contributed by atoms with Gasteiger partial charge in [-0.15, -0.1) is 4.91 Å². The van der Waals surface area contributed by atoms with Gasteiger partial charge in [-0.1, -0.05) is 6.07 Å². The summed E-state index contributed by atoms with van der Waals surface area (Å²) in [7, 11) is 0. The van der Waals surface area contributed by atoms with Crippen LogP contribution in [0.5, 0.6) is 11.5 Å². The van der Waals surface area contributed by atoms with E-state index < -0.39 is 5.91 Å². The minimum absolute atomic E-state index is 0.169. The Morgan fingerprint density at radius 1 is 1.31 bits per heavy atom. The van der Waals surface area contributed by atoms with Crippen LogP contribution in [0.25, 0.3) is 0 Å². The molecule has 5 nitrogen and oxygen atoms in total. The fourth-order valence-corrected chi connectivity index (χ4v) is 0.886. The van der Waals surface area contributed by atoms with Crippen molar-refractivity contribution in [3.63, 3.8) is 0 Å². The number of rotatable bonds is 2. The molecule has 2 N–H and O–H groups in total. The quantitative estimate of drug-likeness (QED) is 0.524. The molecule has 0 bridgehead atoms. The van der Waals surface area contributed by atoms with Crippen molar-refractivity contribution in [2.24, 2.45) is 5.18 Å². The van der Waals surface area contributed by atoms with E-state index in [9.17, 15) is 9.70 Å². The Bertz CT molecular complexity index is 348. The monoisotopic (exact) mass is 181 g/mol. The number of hydrogen-bond donors (Lipinski definition) is 2. The lowest BCUT2D eigenvalue weighted by atomic mass is 10.1. The molecule has 5 heteroatoms. The largest absolute Gasteiger partial charge is 0.504 e. The lowest BCUT2D eigenvalue weighted by Gasteiger charge is -1.99. The molecule has 0 aliphatic carbocycles. The number of phenols is 2. The van der Waals surface area contributed by atoms with E-state index in [0.29, 0.717) is 5.56 Å². The normalized spacial score (nSPS) is 9.54. The van der Waals surface area contributed by atoms with E-state index in [4.69, 9.17) is 10.2 Å². The van der Waals surface area contributed by atoms with Gasteiger partial charge in [0.05, 0.1) is 6.42 Å². The standard InChI is InChI=1S/C8H7NO4/c10-6-2-1-5(3-7(6)11)4-8(12)9-13/h1-3,10-11H,4H2. The SMILES string of the molecule is O=NC(=O)Cc1ccc(O)c(O)c1. The first-order valence-corrected chi connectivity index (χ1v) is 3.50. The maximum absolute atomic E-state index is 10.6. The molecule has 68 valence electrons. The molecule has 1 aromatic carbocycles. The van der Waals surface area contributed by atoms with Crippen LogP contribution in [0.2, 0.25) is 0 Å². The third kappa shape index (κ3) is 2.26. The summed E-state index contributed by atoms with van der Waals surface area (Å²) in [5, 5.41) is 20.1. The van der Waals surface area contributed by atoms with Gasteiger partial charge in [0.2, 0.25) is 0 Å². The molecule has 0 radical (unpaired) electrons. The van der Waals surface area contributed by atoms with Crippen molar-refractivity contribution >= 4 is 5.91 Å². The average molecular weight is 181 g/mol. The van der Waals surface area contributed by atoms with Crippen molar-refractivity contribution in [3.8, 4) is 11.5 Å². The van der Waals surface area contributed by atoms with Crippen LogP contribution in [0.1, 0.15) is 5.56 Å². The Kier molecular flexibility index (Phi) is 2.59. The summed E-state index contributed by atoms with van der Waals surface area (Å²) >= 11 is 0. The molecule has 0 heterocycles. The van der Waals surface area contributed by atoms with Gasteiger partial charge in [0.1, 0.15) is 0 Å². The molecule has 0 unspecified atom stereocenters. The van der Waals surface area contributed by atoms with Crippen molar-refractivity contribution < 1.29 is 15.0 Å². The molecule has 0 saturated heterocycles.